The number of ether oxygens (including phenoxy) is 2. The van der Waals surface area contributed by atoms with Crippen molar-refractivity contribution in [3.05, 3.63) is 48.0 Å². The molecule has 0 aliphatic heterocycles. The predicted octanol–water partition coefficient (Wildman–Crippen LogP) is 3.24. The number of benzene rings is 2. The number of alkyl halides is 2. The van der Waals surface area contributed by atoms with E-state index < -0.39 is 22.5 Å². The van der Waals surface area contributed by atoms with Crippen LogP contribution in [0, 0.1) is 0 Å². The van der Waals surface area contributed by atoms with Crippen LogP contribution in [0.15, 0.2) is 47.4 Å². The van der Waals surface area contributed by atoms with Crippen molar-refractivity contribution in [1.82, 2.24) is 4.72 Å². The number of hydrogen-bond donors (Lipinski definition) is 2. The van der Waals surface area contributed by atoms with Crippen molar-refractivity contribution in [3.8, 4) is 11.5 Å². The number of amides is 1. The van der Waals surface area contributed by atoms with E-state index in [-0.39, 0.29) is 28.0 Å². The highest BCUT2D eigenvalue weighted by Gasteiger charge is 2.17. The zero-order valence-corrected chi connectivity index (χ0v) is 16.2. The van der Waals surface area contributed by atoms with Gasteiger partial charge in [0.1, 0.15) is 0 Å². The first-order valence-electron chi connectivity index (χ1n) is 8.19. The summed E-state index contributed by atoms with van der Waals surface area (Å²) in [4.78, 5) is 12.4. The van der Waals surface area contributed by atoms with E-state index in [1.165, 1.54) is 43.5 Å². The van der Waals surface area contributed by atoms with Crippen molar-refractivity contribution in [2.24, 2.45) is 0 Å². The summed E-state index contributed by atoms with van der Waals surface area (Å²) < 4.78 is 60.9. The molecule has 2 rings (SSSR count). The summed E-state index contributed by atoms with van der Waals surface area (Å²) in [5.74, 6) is -0.798. The normalized spacial score (nSPS) is 11.5. The molecule has 10 heteroatoms. The zero-order valence-electron chi connectivity index (χ0n) is 15.4. The van der Waals surface area contributed by atoms with Gasteiger partial charge < -0.3 is 14.8 Å². The van der Waals surface area contributed by atoms with Crippen molar-refractivity contribution in [1.29, 1.82) is 0 Å². The smallest absolute Gasteiger partial charge is 0.387 e. The van der Waals surface area contributed by atoms with E-state index >= 15 is 0 Å². The number of nitrogens with one attached hydrogen (secondary N) is 2. The van der Waals surface area contributed by atoms with E-state index in [0.29, 0.717) is 5.69 Å². The first kappa shape index (κ1) is 21.6. The number of methoxy groups -OCH3 is 1. The lowest BCUT2D eigenvalue weighted by atomic mass is 10.2. The average molecular weight is 414 g/mol. The fourth-order valence-corrected chi connectivity index (χ4v) is 3.56. The Hall–Kier alpha value is -2.72. The van der Waals surface area contributed by atoms with Crippen molar-refractivity contribution < 1.29 is 31.5 Å². The van der Waals surface area contributed by atoms with Gasteiger partial charge in [-0.3, -0.25) is 4.79 Å². The van der Waals surface area contributed by atoms with Crippen LogP contribution in [0.1, 0.15) is 24.2 Å². The standard InChI is InChI=1S/C18H20F2N2O5S/c1-11(2)22-28(24,25)14-7-5-13(6-8-14)21-17(23)12-4-9-15(26-3)16(10-12)27-18(19)20/h4-11,18,22H,1-3H3,(H,21,23). The van der Waals surface area contributed by atoms with Crippen molar-refractivity contribution in [3.63, 3.8) is 0 Å². The maximum absolute atomic E-state index is 12.5. The van der Waals surface area contributed by atoms with Gasteiger partial charge in [0.05, 0.1) is 12.0 Å². The van der Waals surface area contributed by atoms with E-state index in [2.05, 4.69) is 14.8 Å². The molecule has 152 valence electrons. The van der Waals surface area contributed by atoms with Crippen LogP contribution in [0.3, 0.4) is 0 Å². The van der Waals surface area contributed by atoms with E-state index in [1.807, 2.05) is 0 Å². The van der Waals surface area contributed by atoms with Gasteiger partial charge in [-0.15, -0.1) is 0 Å². The highest BCUT2D eigenvalue weighted by atomic mass is 32.2. The maximum Gasteiger partial charge on any atom is 0.387 e. The molecule has 2 aromatic carbocycles. The van der Waals surface area contributed by atoms with Crippen LogP contribution in [0.2, 0.25) is 0 Å². The number of carbonyl (C=O) groups is 1. The van der Waals surface area contributed by atoms with Crippen LogP contribution in [0.5, 0.6) is 11.5 Å². The molecule has 0 aliphatic rings. The van der Waals surface area contributed by atoms with Crippen LogP contribution < -0.4 is 19.5 Å². The molecule has 0 radical (unpaired) electrons. The van der Waals surface area contributed by atoms with Crippen molar-refractivity contribution in [2.75, 3.05) is 12.4 Å². The Bertz CT molecular complexity index is 931. The Balaban J connectivity index is 2.17. The van der Waals surface area contributed by atoms with Crippen LogP contribution >= 0.6 is 0 Å². The fraction of sp³-hybridized carbons (Fsp3) is 0.278. The Morgan fingerprint density at radius 1 is 1.04 bits per heavy atom. The molecule has 2 aromatic rings. The largest absolute Gasteiger partial charge is 0.493 e. The summed E-state index contributed by atoms with van der Waals surface area (Å²) in [6, 6.07) is 9.13. The second-order valence-corrected chi connectivity index (χ2v) is 7.71. The van der Waals surface area contributed by atoms with Gasteiger partial charge in [0.25, 0.3) is 5.91 Å². The molecule has 0 heterocycles. The Kier molecular flexibility index (Phi) is 6.92. The summed E-state index contributed by atoms with van der Waals surface area (Å²) in [5, 5.41) is 2.56. The predicted molar refractivity (Wildman–Crippen MR) is 99.5 cm³/mol. The Morgan fingerprint density at radius 3 is 2.21 bits per heavy atom. The number of anilines is 1. The second kappa shape index (κ2) is 8.98. The molecule has 0 saturated heterocycles. The van der Waals surface area contributed by atoms with Crippen LogP contribution in [0.4, 0.5) is 14.5 Å². The molecule has 2 N–H and O–H groups in total. The Morgan fingerprint density at radius 2 is 1.68 bits per heavy atom. The number of carbonyl (C=O) groups excluding carboxylic acids is 1. The third-order valence-electron chi connectivity index (χ3n) is 3.46. The third kappa shape index (κ3) is 5.64. The highest BCUT2D eigenvalue weighted by Crippen LogP contribution is 2.29. The van der Waals surface area contributed by atoms with Gasteiger partial charge in [-0.2, -0.15) is 8.78 Å². The SMILES string of the molecule is COc1ccc(C(=O)Nc2ccc(S(=O)(=O)NC(C)C)cc2)cc1OC(F)F. The minimum atomic E-state index is -3.65. The monoisotopic (exact) mass is 414 g/mol. The molecule has 28 heavy (non-hydrogen) atoms. The van der Waals surface area contributed by atoms with Crippen LogP contribution in [-0.2, 0) is 10.0 Å². The van der Waals surface area contributed by atoms with Gasteiger partial charge in [0.2, 0.25) is 10.0 Å². The lowest BCUT2D eigenvalue weighted by Gasteiger charge is -2.12. The van der Waals surface area contributed by atoms with Gasteiger partial charge >= 0.3 is 6.61 Å². The molecule has 0 aromatic heterocycles. The Labute approximate surface area is 161 Å². The summed E-state index contributed by atoms with van der Waals surface area (Å²) in [6.07, 6.45) is 0. The van der Waals surface area contributed by atoms with Gasteiger partial charge in [0, 0.05) is 17.3 Å². The molecular formula is C18H20F2N2O5S. The minimum absolute atomic E-state index is 0.0521. The molecule has 0 spiro atoms. The molecule has 0 aliphatic carbocycles. The molecule has 7 nitrogen and oxygen atoms in total. The molecule has 0 fully saturated rings. The summed E-state index contributed by atoms with van der Waals surface area (Å²) in [7, 11) is -2.36. The third-order valence-corrected chi connectivity index (χ3v) is 5.13. The quantitative estimate of drug-likeness (QED) is 0.692. The van der Waals surface area contributed by atoms with E-state index in [4.69, 9.17) is 4.74 Å². The molecule has 0 atom stereocenters. The van der Waals surface area contributed by atoms with E-state index in [1.54, 1.807) is 13.8 Å². The lowest BCUT2D eigenvalue weighted by molar-refractivity contribution is -0.0512. The number of rotatable bonds is 8. The topological polar surface area (TPSA) is 93.7 Å². The lowest BCUT2D eigenvalue weighted by Crippen LogP contribution is -2.30. The molecule has 0 saturated carbocycles. The summed E-state index contributed by atoms with van der Waals surface area (Å²) >= 11 is 0. The zero-order chi connectivity index (χ0) is 20.9. The number of sulfonamides is 1. The summed E-state index contributed by atoms with van der Waals surface area (Å²) in [6.45, 7) is 0.334. The van der Waals surface area contributed by atoms with Gasteiger partial charge in [-0.1, -0.05) is 0 Å². The van der Waals surface area contributed by atoms with Crippen molar-refractivity contribution >= 4 is 21.6 Å². The molecular weight excluding hydrogens is 394 g/mol. The highest BCUT2D eigenvalue weighted by molar-refractivity contribution is 7.89. The first-order valence-corrected chi connectivity index (χ1v) is 9.67. The van der Waals surface area contributed by atoms with Crippen LogP contribution in [0.25, 0.3) is 0 Å². The van der Waals surface area contributed by atoms with Crippen molar-refractivity contribution in [2.45, 2.75) is 31.4 Å². The van der Waals surface area contributed by atoms with Gasteiger partial charge in [0.15, 0.2) is 11.5 Å². The minimum Gasteiger partial charge on any atom is -0.493 e. The average Bonchev–Trinajstić information content (AvgIpc) is 2.60. The number of hydrogen-bond acceptors (Lipinski definition) is 5. The maximum atomic E-state index is 12.5. The van der Waals surface area contributed by atoms with Gasteiger partial charge in [-0.05, 0) is 56.3 Å². The molecule has 1 amide bonds. The molecule has 0 bridgehead atoms. The van der Waals surface area contributed by atoms with E-state index in [9.17, 15) is 22.0 Å². The second-order valence-electron chi connectivity index (χ2n) is 6.00. The first-order chi connectivity index (χ1) is 13.1. The fourth-order valence-electron chi connectivity index (χ4n) is 2.31. The van der Waals surface area contributed by atoms with Gasteiger partial charge in [-0.25, -0.2) is 13.1 Å². The van der Waals surface area contributed by atoms with E-state index in [0.717, 1.165) is 6.07 Å². The molecule has 0 unspecified atom stereocenters. The summed E-state index contributed by atoms with van der Waals surface area (Å²) in [5.41, 5.74) is 0.398. The van der Waals surface area contributed by atoms with Crippen LogP contribution in [-0.4, -0.2) is 34.1 Å². The number of halogens is 2.